The molecule has 3 rings (SSSR count). The van der Waals surface area contributed by atoms with E-state index in [0.29, 0.717) is 12.8 Å². The van der Waals surface area contributed by atoms with Crippen molar-refractivity contribution in [3.63, 3.8) is 0 Å². The van der Waals surface area contributed by atoms with E-state index >= 15 is 0 Å². The number of nitrogens with zero attached hydrogens (tertiary/aromatic N) is 1. The maximum absolute atomic E-state index is 14.2. The van der Waals surface area contributed by atoms with Gasteiger partial charge in [0.05, 0.1) is 21.6 Å². The third-order valence-electron chi connectivity index (χ3n) is 4.83. The number of halogens is 1. The minimum atomic E-state index is -3.14. The van der Waals surface area contributed by atoms with Crippen molar-refractivity contribution < 1.29 is 17.6 Å². The smallest absolute Gasteiger partial charge is 0.169 e. The van der Waals surface area contributed by atoms with Gasteiger partial charge in [0.2, 0.25) is 0 Å². The van der Waals surface area contributed by atoms with Crippen molar-refractivity contribution in [2.75, 3.05) is 0 Å². The number of nitriles is 1. The van der Waals surface area contributed by atoms with E-state index in [2.05, 4.69) is 0 Å². The molecule has 2 bridgehead atoms. The quantitative estimate of drug-likeness (QED) is 0.785. The highest BCUT2D eigenvalue weighted by Gasteiger charge is 2.46. The van der Waals surface area contributed by atoms with Crippen LogP contribution in [0.3, 0.4) is 0 Å². The summed E-state index contributed by atoms with van der Waals surface area (Å²) in [5.74, 6) is -1.64. The first-order chi connectivity index (χ1) is 10.4. The molecule has 1 aromatic rings. The summed E-state index contributed by atoms with van der Waals surface area (Å²) < 4.78 is 38.6. The van der Waals surface area contributed by atoms with E-state index in [0.717, 1.165) is 6.42 Å². The molecule has 0 saturated carbocycles. The summed E-state index contributed by atoms with van der Waals surface area (Å²) in [6.45, 7) is 0. The molecule has 116 valence electrons. The summed E-state index contributed by atoms with van der Waals surface area (Å²) >= 11 is 0. The van der Waals surface area contributed by atoms with Gasteiger partial charge in [-0.1, -0.05) is 12.5 Å². The number of ketones is 1. The highest BCUT2D eigenvalue weighted by Crippen LogP contribution is 2.40. The number of Topliss-reactive ketones (excluding diaryl/α,β-unsaturated/α-hetero) is 1. The minimum absolute atomic E-state index is 0.0959. The molecule has 0 spiro atoms. The van der Waals surface area contributed by atoms with Gasteiger partial charge in [-0.3, -0.25) is 4.79 Å². The Bertz CT molecular complexity index is 746. The van der Waals surface area contributed by atoms with Gasteiger partial charge in [0.1, 0.15) is 6.07 Å². The van der Waals surface area contributed by atoms with Crippen LogP contribution < -0.4 is 0 Å². The molecule has 0 amide bonds. The number of rotatable bonds is 2. The van der Waals surface area contributed by atoms with Gasteiger partial charge in [0.25, 0.3) is 0 Å². The molecule has 4 nitrogen and oxygen atoms in total. The Morgan fingerprint density at radius 1 is 1.23 bits per heavy atom. The third kappa shape index (κ3) is 2.34. The van der Waals surface area contributed by atoms with E-state index < -0.39 is 32.1 Å². The Morgan fingerprint density at radius 2 is 1.86 bits per heavy atom. The maximum atomic E-state index is 14.2. The normalized spacial score (nSPS) is 29.5. The molecule has 2 aliphatic heterocycles. The minimum Gasteiger partial charge on any atom is -0.294 e. The lowest BCUT2D eigenvalue weighted by Crippen LogP contribution is -2.45. The molecule has 2 saturated heterocycles. The van der Waals surface area contributed by atoms with Crippen LogP contribution in [0.5, 0.6) is 0 Å². The van der Waals surface area contributed by atoms with Gasteiger partial charge in [-0.2, -0.15) is 5.26 Å². The fourth-order valence-corrected chi connectivity index (χ4v) is 6.19. The zero-order chi connectivity index (χ0) is 15.9. The van der Waals surface area contributed by atoms with Crippen LogP contribution in [-0.4, -0.2) is 24.7 Å². The van der Waals surface area contributed by atoms with Gasteiger partial charge in [-0.05, 0) is 37.8 Å². The summed E-state index contributed by atoms with van der Waals surface area (Å²) in [7, 11) is -3.14. The number of carbonyl (C=O) groups excluding carboxylic acids is 1. The van der Waals surface area contributed by atoms with Crippen LogP contribution in [0.2, 0.25) is 0 Å². The van der Waals surface area contributed by atoms with E-state index in [1.807, 2.05) is 0 Å². The zero-order valence-corrected chi connectivity index (χ0v) is 12.8. The second kappa shape index (κ2) is 5.47. The third-order valence-corrected chi connectivity index (χ3v) is 7.55. The van der Waals surface area contributed by atoms with Crippen molar-refractivity contribution in [3.8, 4) is 6.07 Å². The van der Waals surface area contributed by atoms with E-state index in [1.54, 1.807) is 6.07 Å². The van der Waals surface area contributed by atoms with Crippen molar-refractivity contribution in [2.24, 2.45) is 5.92 Å². The number of carbonyl (C=O) groups is 1. The lowest BCUT2D eigenvalue weighted by Gasteiger charge is -2.38. The molecule has 22 heavy (non-hydrogen) atoms. The molecular weight excluding hydrogens is 305 g/mol. The summed E-state index contributed by atoms with van der Waals surface area (Å²) in [6, 6.07) is 5.90. The van der Waals surface area contributed by atoms with Gasteiger partial charge >= 0.3 is 0 Å². The number of hydrogen-bond donors (Lipinski definition) is 0. The second-order valence-corrected chi connectivity index (χ2v) is 8.59. The molecule has 1 aromatic carbocycles. The lowest BCUT2D eigenvalue weighted by atomic mass is 9.84. The van der Waals surface area contributed by atoms with Crippen LogP contribution in [0.4, 0.5) is 4.39 Å². The van der Waals surface area contributed by atoms with Crippen molar-refractivity contribution in [2.45, 2.75) is 42.6 Å². The molecule has 2 unspecified atom stereocenters. The second-order valence-electron chi connectivity index (χ2n) is 6.08. The van der Waals surface area contributed by atoms with Gasteiger partial charge < -0.3 is 0 Å². The van der Waals surface area contributed by atoms with Crippen molar-refractivity contribution in [1.29, 1.82) is 5.26 Å². The zero-order valence-electron chi connectivity index (χ0n) is 12.0. The van der Waals surface area contributed by atoms with Crippen LogP contribution in [0.15, 0.2) is 18.2 Å². The van der Waals surface area contributed by atoms with E-state index in [1.165, 1.54) is 18.2 Å². The van der Waals surface area contributed by atoms with Crippen LogP contribution in [0, 0.1) is 23.1 Å². The standard InChI is InChI=1S/C16H16FNO3S/c17-15-10(9-18)3-1-6-14(15)16(19)11-7-12-4-2-5-13(8-11)22(12,20)21/h1,3,6,11-13H,2,4-5,7-8H2. The Hall–Kier alpha value is -1.74. The summed E-state index contributed by atoms with van der Waals surface area (Å²) in [5, 5.41) is 7.90. The first-order valence-corrected chi connectivity index (χ1v) is 9.01. The predicted molar refractivity (Wildman–Crippen MR) is 78.5 cm³/mol. The molecule has 0 aromatic heterocycles. The van der Waals surface area contributed by atoms with Gasteiger partial charge in [0, 0.05) is 5.92 Å². The van der Waals surface area contributed by atoms with Gasteiger partial charge in [0.15, 0.2) is 21.4 Å². The Kier molecular flexibility index (Phi) is 3.77. The average molecular weight is 321 g/mol. The van der Waals surface area contributed by atoms with Crippen LogP contribution in [0.1, 0.15) is 48.0 Å². The number of fused-ring (bicyclic) bond motifs is 2. The Labute approximate surface area is 128 Å². The molecule has 6 heteroatoms. The number of benzene rings is 1. The monoisotopic (exact) mass is 321 g/mol. The molecule has 2 heterocycles. The summed E-state index contributed by atoms with van der Waals surface area (Å²) in [5.41, 5.74) is -0.254. The highest BCUT2D eigenvalue weighted by atomic mass is 32.2. The highest BCUT2D eigenvalue weighted by molar-refractivity contribution is 7.92. The molecular formula is C16H16FNO3S. The first kappa shape index (κ1) is 15.2. The Morgan fingerprint density at radius 3 is 2.45 bits per heavy atom. The van der Waals surface area contributed by atoms with Gasteiger partial charge in [-0.15, -0.1) is 0 Å². The van der Waals surface area contributed by atoms with Crippen molar-refractivity contribution in [1.82, 2.24) is 0 Å². The predicted octanol–water partition coefficient (Wildman–Crippen LogP) is 2.63. The van der Waals surface area contributed by atoms with Crippen LogP contribution in [-0.2, 0) is 9.84 Å². The SMILES string of the molecule is N#Cc1cccc(C(=O)C2CC3CCCC(C2)S3(=O)=O)c1F. The van der Waals surface area contributed by atoms with Crippen LogP contribution >= 0.6 is 0 Å². The average Bonchev–Trinajstić information content (AvgIpc) is 2.45. The van der Waals surface area contributed by atoms with Crippen LogP contribution in [0.25, 0.3) is 0 Å². The van der Waals surface area contributed by atoms with Gasteiger partial charge in [-0.25, -0.2) is 12.8 Å². The molecule has 2 aliphatic rings. The first-order valence-electron chi connectivity index (χ1n) is 7.40. The number of hydrogen-bond acceptors (Lipinski definition) is 4. The molecule has 2 atom stereocenters. The summed E-state index contributed by atoms with van der Waals surface area (Å²) in [6.07, 6.45) is 2.59. The Balaban J connectivity index is 1.90. The van der Waals surface area contributed by atoms with E-state index in [9.17, 15) is 17.6 Å². The number of sulfone groups is 1. The lowest BCUT2D eigenvalue weighted by molar-refractivity contribution is 0.0889. The van der Waals surface area contributed by atoms with Crippen molar-refractivity contribution in [3.05, 3.63) is 35.1 Å². The topological polar surface area (TPSA) is 75.0 Å². The molecule has 0 N–H and O–H groups in total. The fourth-order valence-electron chi connectivity index (χ4n) is 3.65. The molecule has 0 radical (unpaired) electrons. The van der Waals surface area contributed by atoms with Crippen molar-refractivity contribution >= 4 is 15.6 Å². The summed E-state index contributed by atoms with van der Waals surface area (Å²) in [4.78, 5) is 12.6. The molecule has 2 fully saturated rings. The largest absolute Gasteiger partial charge is 0.294 e. The van der Waals surface area contributed by atoms with E-state index in [4.69, 9.17) is 5.26 Å². The molecule has 0 aliphatic carbocycles. The maximum Gasteiger partial charge on any atom is 0.169 e. The fraction of sp³-hybridized carbons (Fsp3) is 0.500. The van der Waals surface area contributed by atoms with E-state index in [-0.39, 0.29) is 29.8 Å².